The zero-order valence-electron chi connectivity index (χ0n) is 9.75. The highest BCUT2D eigenvalue weighted by molar-refractivity contribution is 9.10. The summed E-state index contributed by atoms with van der Waals surface area (Å²) in [5, 5.41) is 19.7. The zero-order valence-corrected chi connectivity index (χ0v) is 11.3. The molecule has 0 atom stereocenters. The molecule has 19 heavy (non-hydrogen) atoms. The third-order valence-corrected chi connectivity index (χ3v) is 2.87. The summed E-state index contributed by atoms with van der Waals surface area (Å²) < 4.78 is 15.4. The third-order valence-electron chi connectivity index (χ3n) is 2.41. The molecular formula is C11H10BrFN4O2. The van der Waals surface area contributed by atoms with Gasteiger partial charge >= 0.3 is 5.97 Å². The summed E-state index contributed by atoms with van der Waals surface area (Å²) in [5.74, 6) is -0.863. The molecule has 0 fully saturated rings. The van der Waals surface area contributed by atoms with E-state index in [1.807, 2.05) is 0 Å². The van der Waals surface area contributed by atoms with E-state index >= 15 is 0 Å². The third kappa shape index (κ3) is 3.57. The molecule has 100 valence electrons. The van der Waals surface area contributed by atoms with Gasteiger partial charge in [0.2, 0.25) is 0 Å². The summed E-state index contributed by atoms with van der Waals surface area (Å²) >= 11 is 3.20. The van der Waals surface area contributed by atoms with Crippen LogP contribution in [0.15, 0.2) is 22.7 Å². The van der Waals surface area contributed by atoms with Crippen LogP contribution in [0.3, 0.4) is 0 Å². The maximum Gasteiger partial charge on any atom is 0.303 e. The molecular weight excluding hydrogens is 319 g/mol. The Morgan fingerprint density at radius 2 is 2.21 bits per heavy atom. The second-order valence-electron chi connectivity index (χ2n) is 3.88. The van der Waals surface area contributed by atoms with Crippen LogP contribution in [0.4, 0.5) is 4.39 Å². The van der Waals surface area contributed by atoms with Gasteiger partial charge < -0.3 is 5.11 Å². The Kier molecular flexibility index (Phi) is 4.20. The Morgan fingerprint density at radius 3 is 2.89 bits per heavy atom. The van der Waals surface area contributed by atoms with Crippen molar-refractivity contribution in [1.29, 1.82) is 0 Å². The van der Waals surface area contributed by atoms with Crippen LogP contribution in [0.2, 0.25) is 0 Å². The highest BCUT2D eigenvalue weighted by Crippen LogP contribution is 2.22. The minimum absolute atomic E-state index is 0.0339. The lowest BCUT2D eigenvalue weighted by Crippen LogP contribution is -2.05. The summed E-state index contributed by atoms with van der Waals surface area (Å²) in [5.41, 5.74) is 0.534. The minimum atomic E-state index is -0.872. The second-order valence-corrected chi connectivity index (χ2v) is 4.80. The molecule has 1 N–H and O–H groups in total. The van der Waals surface area contributed by atoms with E-state index in [-0.39, 0.29) is 6.42 Å². The number of hydrogen-bond acceptors (Lipinski definition) is 4. The average Bonchev–Trinajstić information content (AvgIpc) is 2.75. The van der Waals surface area contributed by atoms with Gasteiger partial charge in [0.15, 0.2) is 5.82 Å². The number of nitrogens with zero attached hydrogens (tertiary/aromatic N) is 4. The van der Waals surface area contributed by atoms with Crippen molar-refractivity contribution < 1.29 is 14.3 Å². The Hall–Kier alpha value is -1.83. The summed E-state index contributed by atoms with van der Waals surface area (Å²) in [6.45, 7) is 0.364. The average molecular weight is 329 g/mol. The Labute approximate surface area is 116 Å². The predicted octanol–water partition coefficient (Wildman–Crippen LogP) is 2.11. The molecule has 0 saturated heterocycles. The quantitative estimate of drug-likeness (QED) is 0.909. The number of aliphatic carboxylic acids is 1. The largest absolute Gasteiger partial charge is 0.481 e. The van der Waals surface area contributed by atoms with E-state index in [2.05, 4.69) is 31.5 Å². The number of aromatic nitrogens is 4. The van der Waals surface area contributed by atoms with E-state index in [4.69, 9.17) is 5.11 Å². The Morgan fingerprint density at radius 1 is 1.42 bits per heavy atom. The molecule has 0 aliphatic rings. The van der Waals surface area contributed by atoms with Gasteiger partial charge in [0, 0.05) is 23.0 Å². The monoisotopic (exact) mass is 328 g/mol. The van der Waals surface area contributed by atoms with E-state index in [1.54, 1.807) is 6.07 Å². The van der Waals surface area contributed by atoms with Crippen LogP contribution in [0, 0.1) is 5.82 Å². The normalized spacial score (nSPS) is 10.6. The number of halogens is 2. The van der Waals surface area contributed by atoms with Gasteiger partial charge in [-0.25, -0.2) is 9.07 Å². The molecule has 0 aliphatic heterocycles. The van der Waals surface area contributed by atoms with E-state index < -0.39 is 11.8 Å². The smallest absolute Gasteiger partial charge is 0.303 e. The second kappa shape index (κ2) is 5.87. The molecule has 1 aromatic carbocycles. The lowest BCUT2D eigenvalue weighted by molar-refractivity contribution is -0.137. The van der Waals surface area contributed by atoms with Gasteiger partial charge in [-0.05, 0) is 35.0 Å². The molecule has 0 spiro atoms. The molecule has 0 radical (unpaired) electrons. The fourth-order valence-corrected chi connectivity index (χ4v) is 2.09. The molecule has 1 aromatic heterocycles. The predicted molar refractivity (Wildman–Crippen MR) is 67.8 cm³/mol. The molecule has 0 bridgehead atoms. The first-order valence-electron chi connectivity index (χ1n) is 5.50. The van der Waals surface area contributed by atoms with Gasteiger partial charge in [-0.15, -0.1) is 5.10 Å². The number of carbonyl (C=O) groups is 1. The van der Waals surface area contributed by atoms with Gasteiger partial charge in [0.25, 0.3) is 0 Å². The van der Waals surface area contributed by atoms with Gasteiger partial charge in [0.1, 0.15) is 5.82 Å². The molecule has 2 aromatic rings. The van der Waals surface area contributed by atoms with Crippen LogP contribution in [0.5, 0.6) is 0 Å². The van der Waals surface area contributed by atoms with Gasteiger partial charge in [-0.1, -0.05) is 15.9 Å². The van der Waals surface area contributed by atoms with Crippen molar-refractivity contribution in [3.63, 3.8) is 0 Å². The molecule has 0 amide bonds. The van der Waals surface area contributed by atoms with Crippen LogP contribution >= 0.6 is 15.9 Å². The summed E-state index contributed by atoms with van der Waals surface area (Å²) in [7, 11) is 0. The molecule has 1 heterocycles. The Balaban J connectivity index is 2.21. The summed E-state index contributed by atoms with van der Waals surface area (Å²) in [6.07, 6.45) is 0.440. The number of aryl methyl sites for hydroxylation is 1. The molecule has 0 aliphatic carbocycles. The first kappa shape index (κ1) is 13.6. The van der Waals surface area contributed by atoms with E-state index in [1.165, 1.54) is 16.8 Å². The fraction of sp³-hybridized carbons (Fsp3) is 0.273. The maximum atomic E-state index is 13.3. The highest BCUT2D eigenvalue weighted by Gasteiger charge is 2.11. The number of benzene rings is 1. The van der Waals surface area contributed by atoms with Gasteiger partial charge in [0.05, 0.1) is 0 Å². The number of carboxylic acids is 1. The lowest BCUT2D eigenvalue weighted by Gasteiger charge is -2.04. The molecule has 0 unspecified atom stereocenters. The van der Waals surface area contributed by atoms with Crippen molar-refractivity contribution >= 4 is 21.9 Å². The van der Waals surface area contributed by atoms with Crippen LogP contribution in [-0.4, -0.2) is 31.3 Å². The standard InChI is InChI=1S/C11H10BrFN4O2/c12-8-4-7(5-9(13)6-8)11-14-15-16-17(11)3-1-2-10(18)19/h4-6H,1-3H2,(H,18,19). The first-order chi connectivity index (χ1) is 9.06. The van der Waals surface area contributed by atoms with E-state index in [0.717, 1.165) is 0 Å². The molecule has 0 saturated carbocycles. The molecule has 2 rings (SSSR count). The molecule has 6 nitrogen and oxygen atoms in total. The Bertz CT molecular complexity index is 582. The highest BCUT2D eigenvalue weighted by atomic mass is 79.9. The fourth-order valence-electron chi connectivity index (χ4n) is 1.62. The van der Waals surface area contributed by atoms with Crippen LogP contribution < -0.4 is 0 Å². The van der Waals surface area contributed by atoms with Crippen molar-refractivity contribution in [2.75, 3.05) is 0 Å². The van der Waals surface area contributed by atoms with Crippen LogP contribution in [0.1, 0.15) is 12.8 Å². The maximum absolute atomic E-state index is 13.3. The number of carboxylic acid groups (broad SMARTS) is 1. The first-order valence-corrected chi connectivity index (χ1v) is 6.30. The summed E-state index contributed by atoms with van der Waals surface area (Å²) in [4.78, 5) is 10.5. The SMILES string of the molecule is O=C(O)CCCn1nnnc1-c1cc(F)cc(Br)c1. The van der Waals surface area contributed by atoms with Crippen molar-refractivity contribution in [1.82, 2.24) is 20.2 Å². The van der Waals surface area contributed by atoms with Gasteiger partial charge in [-0.2, -0.15) is 0 Å². The van der Waals surface area contributed by atoms with E-state index in [0.29, 0.717) is 28.8 Å². The van der Waals surface area contributed by atoms with Crippen molar-refractivity contribution in [2.45, 2.75) is 19.4 Å². The minimum Gasteiger partial charge on any atom is -0.481 e. The topological polar surface area (TPSA) is 80.9 Å². The number of hydrogen-bond donors (Lipinski definition) is 1. The van der Waals surface area contributed by atoms with E-state index in [9.17, 15) is 9.18 Å². The van der Waals surface area contributed by atoms with Crippen LogP contribution in [0.25, 0.3) is 11.4 Å². The van der Waals surface area contributed by atoms with Crippen molar-refractivity contribution in [3.8, 4) is 11.4 Å². The lowest BCUT2D eigenvalue weighted by atomic mass is 10.2. The van der Waals surface area contributed by atoms with Crippen molar-refractivity contribution in [3.05, 3.63) is 28.5 Å². The number of rotatable bonds is 5. The number of tetrazole rings is 1. The summed E-state index contributed by atoms with van der Waals surface area (Å²) in [6, 6.07) is 4.36. The zero-order chi connectivity index (χ0) is 13.8. The molecule has 8 heteroatoms. The van der Waals surface area contributed by atoms with Crippen LogP contribution in [-0.2, 0) is 11.3 Å². The van der Waals surface area contributed by atoms with Gasteiger partial charge in [-0.3, -0.25) is 4.79 Å². The van der Waals surface area contributed by atoms with Crippen molar-refractivity contribution in [2.24, 2.45) is 0 Å².